The van der Waals surface area contributed by atoms with Crippen molar-refractivity contribution in [1.29, 1.82) is 0 Å². The molecule has 1 unspecified atom stereocenters. The Balaban J connectivity index is 3.21. The van der Waals surface area contributed by atoms with E-state index in [1.54, 1.807) is 0 Å². The smallest absolute Gasteiger partial charge is 0.371 e. The van der Waals surface area contributed by atoms with Gasteiger partial charge in [-0.25, -0.2) is 0 Å². The van der Waals surface area contributed by atoms with E-state index in [1.165, 1.54) is 0 Å². The summed E-state index contributed by atoms with van der Waals surface area (Å²) in [6.07, 6.45) is -2.12. The van der Waals surface area contributed by atoms with E-state index in [1.807, 2.05) is 6.92 Å². The first kappa shape index (κ1) is 13.7. The van der Waals surface area contributed by atoms with Gasteiger partial charge >= 0.3 is 6.18 Å². The Kier molecular flexibility index (Phi) is 6.92. The van der Waals surface area contributed by atoms with Gasteiger partial charge in [0.2, 0.25) is 0 Å². The van der Waals surface area contributed by atoms with Crippen LogP contribution in [0.3, 0.4) is 0 Å². The fourth-order valence-electron chi connectivity index (χ4n) is 1.10. The van der Waals surface area contributed by atoms with Crippen molar-refractivity contribution in [3.63, 3.8) is 0 Å². The molecular formula is C9H18F3NO. The molecule has 0 aliphatic rings. The Morgan fingerprint density at radius 3 is 2.50 bits per heavy atom. The monoisotopic (exact) mass is 213 g/mol. The van der Waals surface area contributed by atoms with E-state index >= 15 is 0 Å². The molecule has 0 saturated heterocycles. The number of nitrogens with one attached hydrogen (secondary N) is 1. The largest absolute Gasteiger partial charge is 0.411 e. The number of ether oxygens (including phenoxy) is 1. The van der Waals surface area contributed by atoms with Gasteiger partial charge in [0.15, 0.2) is 0 Å². The minimum absolute atomic E-state index is 0.105. The molecule has 1 N–H and O–H groups in total. The average molecular weight is 213 g/mol. The van der Waals surface area contributed by atoms with Crippen molar-refractivity contribution in [2.75, 3.05) is 19.8 Å². The summed E-state index contributed by atoms with van der Waals surface area (Å²) in [5.74, 6) is 0. The molecule has 0 aliphatic heterocycles. The van der Waals surface area contributed by atoms with Crippen LogP contribution < -0.4 is 5.32 Å². The number of hydrogen-bond donors (Lipinski definition) is 1. The van der Waals surface area contributed by atoms with E-state index in [0.29, 0.717) is 12.6 Å². The van der Waals surface area contributed by atoms with Gasteiger partial charge in [0, 0.05) is 12.6 Å². The predicted octanol–water partition coefficient (Wildman–Crippen LogP) is 2.34. The quantitative estimate of drug-likeness (QED) is 0.655. The molecule has 14 heavy (non-hydrogen) atoms. The van der Waals surface area contributed by atoms with Crippen LogP contribution in [0.15, 0.2) is 0 Å². The molecular weight excluding hydrogens is 195 g/mol. The van der Waals surface area contributed by atoms with Gasteiger partial charge in [-0.2, -0.15) is 13.2 Å². The van der Waals surface area contributed by atoms with Gasteiger partial charge in [-0.05, 0) is 13.3 Å². The van der Waals surface area contributed by atoms with Crippen LogP contribution in [0.5, 0.6) is 0 Å². The summed E-state index contributed by atoms with van der Waals surface area (Å²) in [5.41, 5.74) is 0. The van der Waals surface area contributed by atoms with Crippen LogP contribution in [0.2, 0.25) is 0 Å². The van der Waals surface area contributed by atoms with Crippen molar-refractivity contribution < 1.29 is 17.9 Å². The molecule has 5 heteroatoms. The number of hydrogen-bond acceptors (Lipinski definition) is 2. The van der Waals surface area contributed by atoms with E-state index in [9.17, 15) is 13.2 Å². The summed E-state index contributed by atoms with van der Waals surface area (Å²) in [6.45, 7) is 3.49. The second kappa shape index (κ2) is 7.06. The highest BCUT2D eigenvalue weighted by molar-refractivity contribution is 4.58. The lowest BCUT2D eigenvalue weighted by molar-refractivity contribution is -0.173. The van der Waals surface area contributed by atoms with E-state index in [2.05, 4.69) is 17.0 Å². The molecule has 0 amide bonds. The second-order valence-electron chi connectivity index (χ2n) is 3.31. The maximum absolute atomic E-state index is 11.6. The summed E-state index contributed by atoms with van der Waals surface area (Å²) < 4.78 is 39.3. The van der Waals surface area contributed by atoms with Crippen molar-refractivity contribution in [1.82, 2.24) is 5.32 Å². The molecule has 0 aromatic carbocycles. The molecule has 0 radical (unpaired) electrons. The van der Waals surface area contributed by atoms with Gasteiger partial charge in [-0.3, -0.25) is 0 Å². The van der Waals surface area contributed by atoms with E-state index in [-0.39, 0.29) is 6.61 Å². The van der Waals surface area contributed by atoms with Crippen LogP contribution in [0.1, 0.15) is 26.7 Å². The fourth-order valence-corrected chi connectivity index (χ4v) is 1.10. The molecule has 0 spiro atoms. The van der Waals surface area contributed by atoms with Gasteiger partial charge in [-0.1, -0.05) is 13.3 Å². The molecule has 0 fully saturated rings. The van der Waals surface area contributed by atoms with Crippen LogP contribution in [-0.2, 0) is 4.74 Å². The first-order valence-electron chi connectivity index (χ1n) is 4.83. The standard InChI is InChI=1S/C9H18F3NO/c1-3-4-8(2)13-5-6-14-7-9(10,11)12/h8,13H,3-7H2,1-2H3. The topological polar surface area (TPSA) is 21.3 Å². The van der Waals surface area contributed by atoms with Crippen LogP contribution in [0, 0.1) is 0 Å². The Labute approximate surface area is 82.8 Å². The van der Waals surface area contributed by atoms with E-state index in [4.69, 9.17) is 0 Å². The maximum atomic E-state index is 11.6. The third kappa shape index (κ3) is 9.80. The normalized spacial score (nSPS) is 14.4. The van der Waals surface area contributed by atoms with Crippen LogP contribution in [0.4, 0.5) is 13.2 Å². The minimum Gasteiger partial charge on any atom is -0.371 e. The van der Waals surface area contributed by atoms with Crippen LogP contribution in [-0.4, -0.2) is 32.0 Å². The first-order valence-corrected chi connectivity index (χ1v) is 4.83. The highest BCUT2D eigenvalue weighted by Gasteiger charge is 2.27. The highest BCUT2D eigenvalue weighted by atomic mass is 19.4. The zero-order valence-corrected chi connectivity index (χ0v) is 8.66. The molecule has 0 aliphatic carbocycles. The lowest BCUT2D eigenvalue weighted by Gasteiger charge is -2.13. The van der Waals surface area contributed by atoms with Crippen molar-refractivity contribution in [3.05, 3.63) is 0 Å². The summed E-state index contributed by atoms with van der Waals surface area (Å²) >= 11 is 0. The number of halogens is 3. The minimum atomic E-state index is -4.21. The summed E-state index contributed by atoms with van der Waals surface area (Å²) in [6, 6.07) is 0.342. The Bertz CT molecular complexity index is 139. The third-order valence-electron chi connectivity index (χ3n) is 1.73. The molecule has 0 aromatic heterocycles. The zero-order chi connectivity index (χ0) is 11.0. The van der Waals surface area contributed by atoms with Crippen molar-refractivity contribution in [3.8, 4) is 0 Å². The average Bonchev–Trinajstić information content (AvgIpc) is 2.02. The van der Waals surface area contributed by atoms with E-state index in [0.717, 1.165) is 12.8 Å². The third-order valence-corrected chi connectivity index (χ3v) is 1.73. The Hall–Kier alpha value is -0.290. The van der Waals surface area contributed by atoms with Crippen molar-refractivity contribution in [2.45, 2.75) is 38.9 Å². The number of rotatable bonds is 7. The molecule has 2 nitrogen and oxygen atoms in total. The molecule has 0 bridgehead atoms. The molecule has 1 atom stereocenters. The second-order valence-corrected chi connectivity index (χ2v) is 3.31. The number of alkyl halides is 3. The molecule has 0 heterocycles. The maximum Gasteiger partial charge on any atom is 0.411 e. The van der Waals surface area contributed by atoms with Gasteiger partial charge < -0.3 is 10.1 Å². The first-order chi connectivity index (χ1) is 6.45. The summed E-state index contributed by atoms with van der Waals surface area (Å²) in [7, 11) is 0. The van der Waals surface area contributed by atoms with Crippen molar-refractivity contribution in [2.24, 2.45) is 0 Å². The molecule has 0 saturated carbocycles. The molecule has 0 aromatic rings. The SMILES string of the molecule is CCCC(C)NCCOCC(F)(F)F. The van der Waals surface area contributed by atoms with Gasteiger partial charge in [0.1, 0.15) is 6.61 Å². The van der Waals surface area contributed by atoms with Gasteiger partial charge in [-0.15, -0.1) is 0 Å². The van der Waals surface area contributed by atoms with Crippen LogP contribution in [0.25, 0.3) is 0 Å². The Morgan fingerprint density at radius 2 is 2.00 bits per heavy atom. The molecule has 86 valence electrons. The van der Waals surface area contributed by atoms with Gasteiger partial charge in [0.25, 0.3) is 0 Å². The highest BCUT2D eigenvalue weighted by Crippen LogP contribution is 2.13. The lowest BCUT2D eigenvalue weighted by atomic mass is 10.2. The van der Waals surface area contributed by atoms with Crippen molar-refractivity contribution >= 4 is 0 Å². The summed E-state index contributed by atoms with van der Waals surface area (Å²) in [5, 5.41) is 3.08. The van der Waals surface area contributed by atoms with E-state index < -0.39 is 12.8 Å². The fraction of sp³-hybridized carbons (Fsp3) is 1.00. The predicted molar refractivity (Wildman–Crippen MR) is 49.2 cm³/mol. The Morgan fingerprint density at radius 1 is 1.36 bits per heavy atom. The molecule has 0 rings (SSSR count). The zero-order valence-electron chi connectivity index (χ0n) is 8.66. The van der Waals surface area contributed by atoms with Gasteiger partial charge in [0.05, 0.1) is 6.61 Å². The summed E-state index contributed by atoms with van der Waals surface area (Å²) in [4.78, 5) is 0. The lowest BCUT2D eigenvalue weighted by Crippen LogP contribution is -2.30. The van der Waals surface area contributed by atoms with Crippen LogP contribution >= 0.6 is 0 Å².